The first-order chi connectivity index (χ1) is 13.4. The van der Waals surface area contributed by atoms with Crippen LogP contribution < -0.4 is 11.2 Å². The molecule has 0 spiro atoms. The molecular weight excluding hydrogens is 422 g/mol. The smallest absolute Gasteiger partial charge is 0.392 e. The van der Waals surface area contributed by atoms with Gasteiger partial charge in [0.05, 0.1) is 23.0 Å². The summed E-state index contributed by atoms with van der Waals surface area (Å²) in [4.78, 5) is 29.8. The number of aliphatic hydroxyl groups excluding tert-OH is 1. The number of aliphatic hydroxyl groups is 1. The minimum Gasteiger partial charge on any atom is -0.392 e. The third-order valence-corrected chi connectivity index (χ3v) is 4.76. The van der Waals surface area contributed by atoms with Crippen molar-refractivity contribution in [3.63, 3.8) is 0 Å². The fourth-order valence-corrected chi connectivity index (χ4v) is 3.12. The fourth-order valence-electron chi connectivity index (χ4n) is 2.86. The molecule has 1 N–H and O–H groups in total. The van der Waals surface area contributed by atoms with Gasteiger partial charge in [0.1, 0.15) is 11.5 Å². The molecule has 1 aromatic heterocycles. The van der Waals surface area contributed by atoms with Gasteiger partial charge in [-0.25, -0.2) is 13.8 Å². The standard InChI is InChI=1S/C17H14ClF4N3O4/c1-16(7-26)6-11(23-29-16)8-3-12(10(19)4-9(8)18)25-14(27)5-13(17(20,21)22)24(2)15(25)28/h3-5,26H,6-7H2,1-2H3. The highest BCUT2D eigenvalue weighted by molar-refractivity contribution is 6.34. The van der Waals surface area contributed by atoms with E-state index in [1.54, 1.807) is 6.92 Å². The highest BCUT2D eigenvalue weighted by Crippen LogP contribution is 2.31. The summed E-state index contributed by atoms with van der Waals surface area (Å²) in [6, 6.07) is 2.04. The average Bonchev–Trinajstić information content (AvgIpc) is 3.01. The molecule has 12 heteroatoms. The Morgan fingerprint density at radius 2 is 1.97 bits per heavy atom. The summed E-state index contributed by atoms with van der Waals surface area (Å²) >= 11 is 6.04. The second-order valence-electron chi connectivity index (χ2n) is 6.74. The molecule has 3 rings (SSSR count). The predicted molar refractivity (Wildman–Crippen MR) is 95.0 cm³/mol. The summed E-state index contributed by atoms with van der Waals surface area (Å²) in [5.74, 6) is -1.10. The van der Waals surface area contributed by atoms with Gasteiger partial charge in [0.15, 0.2) is 5.60 Å². The second-order valence-corrected chi connectivity index (χ2v) is 7.15. The highest BCUT2D eigenvalue weighted by atomic mass is 35.5. The maximum Gasteiger partial charge on any atom is 0.431 e. The number of halogens is 5. The lowest BCUT2D eigenvalue weighted by Crippen LogP contribution is -2.41. The Hall–Kier alpha value is -2.66. The van der Waals surface area contributed by atoms with E-state index in [0.29, 0.717) is 0 Å². The van der Waals surface area contributed by atoms with Gasteiger partial charge in [0.2, 0.25) is 0 Å². The third-order valence-electron chi connectivity index (χ3n) is 4.45. The molecule has 0 fully saturated rings. The van der Waals surface area contributed by atoms with Crippen LogP contribution in [0.15, 0.2) is 32.9 Å². The van der Waals surface area contributed by atoms with Crippen molar-refractivity contribution in [1.82, 2.24) is 9.13 Å². The van der Waals surface area contributed by atoms with Crippen LogP contribution in [0.5, 0.6) is 0 Å². The van der Waals surface area contributed by atoms with E-state index < -0.39 is 40.2 Å². The lowest BCUT2D eigenvalue weighted by molar-refractivity contribution is -0.144. The molecule has 1 atom stereocenters. The Kier molecular flexibility index (Phi) is 5.08. The van der Waals surface area contributed by atoms with E-state index in [1.165, 1.54) is 0 Å². The van der Waals surface area contributed by atoms with Gasteiger partial charge < -0.3 is 9.94 Å². The zero-order chi connectivity index (χ0) is 21.7. The van der Waals surface area contributed by atoms with Gasteiger partial charge >= 0.3 is 11.9 Å². The monoisotopic (exact) mass is 435 g/mol. The van der Waals surface area contributed by atoms with Crippen LogP contribution in [0.2, 0.25) is 5.02 Å². The third kappa shape index (κ3) is 3.67. The first kappa shape index (κ1) is 21.1. The van der Waals surface area contributed by atoms with Crippen LogP contribution in [0.4, 0.5) is 17.6 Å². The maximum atomic E-state index is 14.5. The summed E-state index contributed by atoms with van der Waals surface area (Å²) in [7, 11) is 0.817. The molecule has 2 heterocycles. The lowest BCUT2D eigenvalue weighted by Gasteiger charge is -2.17. The van der Waals surface area contributed by atoms with Crippen molar-refractivity contribution in [2.75, 3.05) is 6.61 Å². The van der Waals surface area contributed by atoms with Gasteiger partial charge in [0.25, 0.3) is 5.56 Å². The van der Waals surface area contributed by atoms with E-state index in [4.69, 9.17) is 16.4 Å². The van der Waals surface area contributed by atoms with Gasteiger partial charge in [0, 0.05) is 25.1 Å². The van der Waals surface area contributed by atoms with Crippen molar-refractivity contribution in [3.8, 4) is 5.69 Å². The van der Waals surface area contributed by atoms with Gasteiger partial charge in [-0.3, -0.25) is 9.36 Å². The molecule has 156 valence electrons. The van der Waals surface area contributed by atoms with E-state index in [9.17, 15) is 32.3 Å². The van der Waals surface area contributed by atoms with Gasteiger partial charge in [-0.1, -0.05) is 16.8 Å². The fraction of sp³-hybridized carbons (Fsp3) is 0.353. The molecule has 1 aliphatic rings. The predicted octanol–water partition coefficient (Wildman–Crippen LogP) is 2.22. The lowest BCUT2D eigenvalue weighted by atomic mass is 9.96. The topological polar surface area (TPSA) is 85.8 Å². The molecule has 1 aliphatic heterocycles. The number of nitrogens with zero attached hydrogens (tertiary/aromatic N) is 3. The molecular formula is C17H14ClF4N3O4. The molecule has 0 saturated heterocycles. The minimum absolute atomic E-state index is 0.0915. The van der Waals surface area contributed by atoms with Gasteiger partial charge in [-0.2, -0.15) is 13.2 Å². The number of hydrogen-bond acceptors (Lipinski definition) is 5. The van der Waals surface area contributed by atoms with Crippen molar-refractivity contribution in [1.29, 1.82) is 0 Å². The summed E-state index contributed by atoms with van der Waals surface area (Å²) in [5, 5.41) is 13.0. The highest BCUT2D eigenvalue weighted by Gasteiger charge is 2.37. The Labute approximate surface area is 165 Å². The number of rotatable bonds is 3. The van der Waals surface area contributed by atoms with Crippen molar-refractivity contribution in [2.45, 2.75) is 25.1 Å². The van der Waals surface area contributed by atoms with E-state index >= 15 is 0 Å². The zero-order valence-electron chi connectivity index (χ0n) is 15.0. The normalized spacial score (nSPS) is 19.2. The van der Waals surface area contributed by atoms with Crippen molar-refractivity contribution in [2.24, 2.45) is 12.2 Å². The van der Waals surface area contributed by atoms with Crippen molar-refractivity contribution >= 4 is 17.3 Å². The van der Waals surface area contributed by atoms with Crippen LogP contribution in [0.25, 0.3) is 5.69 Å². The number of benzene rings is 1. The maximum absolute atomic E-state index is 14.5. The van der Waals surface area contributed by atoms with Crippen molar-refractivity contribution < 1.29 is 27.5 Å². The summed E-state index contributed by atoms with van der Waals surface area (Å²) in [6.07, 6.45) is -4.85. The molecule has 1 aromatic carbocycles. The number of alkyl halides is 3. The van der Waals surface area contributed by atoms with E-state index in [-0.39, 0.29) is 44.5 Å². The first-order valence-electron chi connectivity index (χ1n) is 8.14. The van der Waals surface area contributed by atoms with Crippen LogP contribution in [0.1, 0.15) is 24.6 Å². The van der Waals surface area contributed by atoms with Crippen LogP contribution >= 0.6 is 11.6 Å². The van der Waals surface area contributed by atoms with Gasteiger partial charge in [-0.05, 0) is 19.1 Å². The number of aromatic nitrogens is 2. The van der Waals surface area contributed by atoms with Crippen molar-refractivity contribution in [3.05, 3.63) is 61.1 Å². The Morgan fingerprint density at radius 1 is 1.31 bits per heavy atom. The van der Waals surface area contributed by atoms with E-state index in [0.717, 1.165) is 19.2 Å². The quantitative estimate of drug-likeness (QED) is 0.749. The van der Waals surface area contributed by atoms with Crippen LogP contribution in [-0.4, -0.2) is 32.2 Å². The van der Waals surface area contributed by atoms with E-state index in [1.807, 2.05) is 0 Å². The Morgan fingerprint density at radius 3 is 2.52 bits per heavy atom. The molecule has 1 unspecified atom stereocenters. The average molecular weight is 436 g/mol. The molecule has 0 bridgehead atoms. The Balaban J connectivity index is 2.21. The van der Waals surface area contributed by atoms with Crippen LogP contribution in [0, 0.1) is 5.82 Å². The molecule has 0 radical (unpaired) electrons. The Bertz CT molecular complexity index is 1140. The summed E-state index contributed by atoms with van der Waals surface area (Å²) in [6.45, 7) is 1.20. The van der Waals surface area contributed by atoms with Gasteiger partial charge in [-0.15, -0.1) is 0 Å². The first-order valence-corrected chi connectivity index (χ1v) is 8.52. The largest absolute Gasteiger partial charge is 0.431 e. The van der Waals surface area contributed by atoms with Crippen LogP contribution in [0.3, 0.4) is 0 Å². The number of hydrogen-bond donors (Lipinski definition) is 1. The van der Waals surface area contributed by atoms with Crippen LogP contribution in [-0.2, 0) is 18.1 Å². The minimum atomic E-state index is -4.94. The summed E-state index contributed by atoms with van der Waals surface area (Å²) in [5.41, 5.74) is -5.53. The molecule has 0 saturated carbocycles. The van der Waals surface area contributed by atoms with E-state index in [2.05, 4.69) is 5.16 Å². The second kappa shape index (κ2) is 6.99. The molecule has 0 aliphatic carbocycles. The molecule has 2 aromatic rings. The summed E-state index contributed by atoms with van der Waals surface area (Å²) < 4.78 is 54.0. The number of oxime groups is 1. The molecule has 0 amide bonds. The molecule has 7 nitrogen and oxygen atoms in total. The SMILES string of the molecule is Cn1c(C(F)(F)F)cc(=O)n(-c2cc(C3=NOC(C)(CO)C3)c(Cl)cc2F)c1=O. The molecule has 29 heavy (non-hydrogen) atoms. The zero-order valence-corrected chi connectivity index (χ0v) is 15.8.